The van der Waals surface area contributed by atoms with Gasteiger partial charge in [-0.1, -0.05) is 31.2 Å². The van der Waals surface area contributed by atoms with Gasteiger partial charge in [-0.05, 0) is 70.8 Å². The van der Waals surface area contributed by atoms with Gasteiger partial charge in [-0.3, -0.25) is 4.79 Å². The summed E-state index contributed by atoms with van der Waals surface area (Å²) in [4.78, 5) is 30.4. The zero-order valence-electron chi connectivity index (χ0n) is 22.0. The number of aliphatic carboxylic acids is 1. The molecule has 2 aromatic heterocycles. The number of ether oxygens (including phenoxy) is 1. The van der Waals surface area contributed by atoms with Crippen molar-refractivity contribution < 1.29 is 23.8 Å². The number of benzene rings is 2. The summed E-state index contributed by atoms with van der Waals surface area (Å²) in [5, 5.41) is 17.8. The normalized spacial score (nSPS) is 11.6. The number of pyridine rings is 1. The number of carboxylic acids is 1. The lowest BCUT2D eigenvalue weighted by Gasteiger charge is -2.18. The summed E-state index contributed by atoms with van der Waals surface area (Å²) < 4.78 is 19.0. The van der Waals surface area contributed by atoms with Gasteiger partial charge >= 0.3 is 5.97 Å². The fourth-order valence-electron chi connectivity index (χ4n) is 4.35. The van der Waals surface area contributed by atoms with Crippen molar-refractivity contribution in [1.82, 2.24) is 10.3 Å². The lowest BCUT2D eigenvalue weighted by molar-refractivity contribution is -0.139. The van der Waals surface area contributed by atoms with Gasteiger partial charge in [0, 0.05) is 29.1 Å². The summed E-state index contributed by atoms with van der Waals surface area (Å²) in [5.41, 5.74) is 4.19. The Morgan fingerprint density at radius 1 is 1.10 bits per heavy atom. The van der Waals surface area contributed by atoms with E-state index >= 15 is 0 Å². The van der Waals surface area contributed by atoms with Gasteiger partial charge in [-0.15, -0.1) is 11.3 Å². The van der Waals surface area contributed by atoms with Crippen molar-refractivity contribution in [3.05, 3.63) is 99.1 Å². The number of rotatable bonds is 11. The number of carbonyl (C=O) groups is 2. The summed E-state index contributed by atoms with van der Waals surface area (Å²) in [6.45, 7) is 4.09. The maximum absolute atomic E-state index is 13.8. The number of nitrogens with zero attached hydrogens (tertiary/aromatic N) is 1. The Morgan fingerprint density at radius 3 is 2.56 bits per heavy atom. The van der Waals surface area contributed by atoms with Crippen LogP contribution in [-0.4, -0.2) is 35.1 Å². The molecule has 0 saturated carbocycles. The number of thiophene rings is 1. The van der Waals surface area contributed by atoms with Gasteiger partial charge < -0.3 is 20.5 Å². The average Bonchev–Trinajstić information content (AvgIpc) is 3.40. The molecule has 39 heavy (non-hydrogen) atoms. The molecular weight excluding hydrogens is 517 g/mol. The number of aryl methyl sites for hydroxylation is 2. The fraction of sp³-hybridized carbons (Fsp3) is 0.233. The van der Waals surface area contributed by atoms with Crippen molar-refractivity contribution in [3.8, 4) is 16.9 Å². The van der Waals surface area contributed by atoms with Crippen LogP contribution in [0.2, 0.25) is 0 Å². The number of hydrogen-bond acceptors (Lipinski definition) is 6. The SMILES string of the molecule is CCc1cc(F)cc(C)c1C(=O)NC(Cc1ccc(-c2csc(CNc3cc(OC)ccn3)c2)cc1)C(=O)O. The van der Waals surface area contributed by atoms with Crippen molar-refractivity contribution >= 4 is 29.0 Å². The van der Waals surface area contributed by atoms with Crippen LogP contribution in [0.3, 0.4) is 0 Å². The highest BCUT2D eigenvalue weighted by molar-refractivity contribution is 7.10. The van der Waals surface area contributed by atoms with Gasteiger partial charge in [0.15, 0.2) is 0 Å². The molecule has 1 atom stereocenters. The molecule has 0 aliphatic rings. The highest BCUT2D eigenvalue weighted by Gasteiger charge is 2.24. The van der Waals surface area contributed by atoms with Crippen molar-refractivity contribution in [3.63, 3.8) is 0 Å². The lowest BCUT2D eigenvalue weighted by Crippen LogP contribution is -2.42. The van der Waals surface area contributed by atoms with E-state index in [4.69, 9.17) is 4.74 Å². The molecule has 202 valence electrons. The molecular formula is C30H30FN3O4S. The first-order valence-electron chi connectivity index (χ1n) is 12.5. The molecule has 4 rings (SSSR count). The predicted octanol–water partition coefficient (Wildman–Crippen LogP) is 5.87. The second-order valence-electron chi connectivity index (χ2n) is 9.11. The van der Waals surface area contributed by atoms with Crippen molar-refractivity contribution in [2.75, 3.05) is 12.4 Å². The van der Waals surface area contributed by atoms with Gasteiger partial charge in [-0.25, -0.2) is 14.2 Å². The number of halogens is 1. The van der Waals surface area contributed by atoms with Crippen LogP contribution < -0.4 is 15.4 Å². The minimum absolute atomic E-state index is 0.120. The van der Waals surface area contributed by atoms with E-state index in [1.807, 2.05) is 37.3 Å². The zero-order valence-corrected chi connectivity index (χ0v) is 22.8. The molecule has 0 spiro atoms. The van der Waals surface area contributed by atoms with Gasteiger partial charge in [-0.2, -0.15) is 0 Å². The lowest BCUT2D eigenvalue weighted by atomic mass is 9.97. The molecule has 4 aromatic rings. The van der Waals surface area contributed by atoms with Gasteiger partial charge in [0.2, 0.25) is 0 Å². The van der Waals surface area contributed by atoms with Crippen molar-refractivity contribution in [2.45, 2.75) is 39.3 Å². The number of anilines is 1. The number of aromatic nitrogens is 1. The Morgan fingerprint density at radius 2 is 1.87 bits per heavy atom. The third kappa shape index (κ3) is 7.00. The Kier molecular flexibility index (Phi) is 8.93. The number of carboxylic acid groups (broad SMARTS) is 1. The van der Waals surface area contributed by atoms with Crippen LogP contribution in [0.15, 0.2) is 66.2 Å². The minimum atomic E-state index is -1.13. The van der Waals surface area contributed by atoms with E-state index in [1.54, 1.807) is 37.6 Å². The van der Waals surface area contributed by atoms with Crippen LogP contribution in [0.25, 0.3) is 11.1 Å². The summed E-state index contributed by atoms with van der Waals surface area (Å²) >= 11 is 1.63. The molecule has 2 heterocycles. The molecule has 7 nitrogen and oxygen atoms in total. The van der Waals surface area contributed by atoms with Gasteiger partial charge in [0.25, 0.3) is 5.91 Å². The third-order valence-electron chi connectivity index (χ3n) is 6.39. The molecule has 9 heteroatoms. The predicted molar refractivity (Wildman–Crippen MR) is 151 cm³/mol. The van der Waals surface area contributed by atoms with E-state index in [0.717, 1.165) is 33.1 Å². The van der Waals surface area contributed by atoms with E-state index in [1.165, 1.54) is 12.1 Å². The van der Waals surface area contributed by atoms with Crippen molar-refractivity contribution in [1.29, 1.82) is 0 Å². The van der Waals surface area contributed by atoms with Crippen LogP contribution >= 0.6 is 11.3 Å². The summed E-state index contributed by atoms with van der Waals surface area (Å²) in [7, 11) is 1.62. The second-order valence-corrected chi connectivity index (χ2v) is 10.1. The minimum Gasteiger partial charge on any atom is -0.497 e. The highest BCUT2D eigenvalue weighted by Crippen LogP contribution is 2.27. The van der Waals surface area contributed by atoms with E-state index in [9.17, 15) is 19.1 Å². The molecule has 0 bridgehead atoms. The molecule has 0 saturated heterocycles. The number of nitrogens with one attached hydrogen (secondary N) is 2. The molecule has 0 radical (unpaired) electrons. The largest absolute Gasteiger partial charge is 0.497 e. The smallest absolute Gasteiger partial charge is 0.326 e. The van der Waals surface area contributed by atoms with E-state index in [-0.39, 0.29) is 6.42 Å². The number of carbonyl (C=O) groups excluding carboxylic acids is 1. The number of amides is 1. The second kappa shape index (κ2) is 12.5. The van der Waals surface area contributed by atoms with E-state index in [2.05, 4.69) is 27.1 Å². The molecule has 0 fully saturated rings. The standard InChI is InChI=1S/C30H30FN3O4S/c1-4-20-13-23(31)11-18(2)28(20)29(35)34-26(30(36)37)12-19-5-7-21(8-6-19)22-14-25(39-17-22)16-33-27-15-24(38-3)9-10-32-27/h5-11,13-15,17,26H,4,12,16H2,1-3H3,(H,32,33)(H,34,35)(H,36,37). The Hall–Kier alpha value is -4.24. The molecule has 1 unspecified atom stereocenters. The quantitative estimate of drug-likeness (QED) is 0.217. The Labute approximate surface area is 230 Å². The maximum Gasteiger partial charge on any atom is 0.326 e. The van der Waals surface area contributed by atoms with Crippen LogP contribution in [0.1, 0.15) is 38.8 Å². The summed E-state index contributed by atoms with van der Waals surface area (Å²) in [5.74, 6) is -0.601. The Balaban J connectivity index is 1.40. The van der Waals surface area contributed by atoms with Crippen LogP contribution in [0.5, 0.6) is 5.75 Å². The van der Waals surface area contributed by atoms with Crippen molar-refractivity contribution in [2.24, 2.45) is 0 Å². The molecule has 3 N–H and O–H groups in total. The topological polar surface area (TPSA) is 101 Å². The van der Waals surface area contributed by atoms with E-state index < -0.39 is 23.7 Å². The zero-order chi connectivity index (χ0) is 27.9. The average molecular weight is 548 g/mol. The van der Waals surface area contributed by atoms with Crippen LogP contribution in [0, 0.1) is 12.7 Å². The van der Waals surface area contributed by atoms with Crippen LogP contribution in [-0.2, 0) is 24.2 Å². The monoisotopic (exact) mass is 547 g/mol. The molecule has 1 amide bonds. The van der Waals surface area contributed by atoms with E-state index in [0.29, 0.717) is 29.7 Å². The summed E-state index contributed by atoms with van der Waals surface area (Å²) in [6, 6.07) is 14.8. The Bertz CT molecular complexity index is 1470. The molecule has 0 aliphatic carbocycles. The molecule has 0 aliphatic heterocycles. The van der Waals surface area contributed by atoms with Gasteiger partial charge in [0.1, 0.15) is 23.4 Å². The van der Waals surface area contributed by atoms with Gasteiger partial charge in [0.05, 0.1) is 13.7 Å². The summed E-state index contributed by atoms with van der Waals surface area (Å²) in [6.07, 6.45) is 2.27. The maximum atomic E-state index is 13.8. The first-order chi connectivity index (χ1) is 18.8. The molecule has 2 aromatic carbocycles. The number of methoxy groups -OCH3 is 1. The first kappa shape index (κ1) is 27.8. The fourth-order valence-corrected chi connectivity index (χ4v) is 5.19. The highest BCUT2D eigenvalue weighted by atomic mass is 32.1. The first-order valence-corrected chi connectivity index (χ1v) is 13.4. The number of hydrogen-bond donors (Lipinski definition) is 3. The third-order valence-corrected chi connectivity index (χ3v) is 7.32. The van der Waals surface area contributed by atoms with Crippen LogP contribution in [0.4, 0.5) is 10.2 Å².